The van der Waals surface area contributed by atoms with E-state index in [1.807, 2.05) is 6.92 Å². The number of rotatable bonds is 5. The average molecular weight is 170 g/mol. The maximum absolute atomic E-state index is 5.25. The molecule has 0 fully saturated rings. The van der Waals surface area contributed by atoms with Crippen LogP contribution in [0.5, 0.6) is 0 Å². The van der Waals surface area contributed by atoms with E-state index in [1.54, 1.807) is 0 Å². The molecule has 0 radical (unpaired) electrons. The van der Waals surface area contributed by atoms with Gasteiger partial charge in [-0.05, 0) is 0 Å². The number of hydrogen-bond acceptors (Lipinski definition) is 4. The quantitative estimate of drug-likeness (QED) is 0.602. The summed E-state index contributed by atoms with van der Waals surface area (Å²) in [6.07, 6.45) is 0.841. The van der Waals surface area contributed by atoms with E-state index in [2.05, 4.69) is 15.2 Å². The normalized spacial score (nSPS) is 10.5. The lowest BCUT2D eigenvalue weighted by molar-refractivity contribution is 0.123. The van der Waals surface area contributed by atoms with Gasteiger partial charge < -0.3 is 10.5 Å². The van der Waals surface area contributed by atoms with Gasteiger partial charge in [-0.15, -0.1) is 0 Å². The number of ether oxygens (including phenoxy) is 1. The highest BCUT2D eigenvalue weighted by Gasteiger charge is 1.99. The molecular formula is C7H14N4O. The number of nitrogens with zero attached hydrogens (tertiary/aromatic N) is 2. The molecule has 12 heavy (non-hydrogen) atoms. The second-order valence-corrected chi connectivity index (χ2v) is 2.39. The summed E-state index contributed by atoms with van der Waals surface area (Å²) in [5.41, 5.74) is 5.25. The van der Waals surface area contributed by atoms with Crippen LogP contribution in [0.25, 0.3) is 0 Å². The van der Waals surface area contributed by atoms with E-state index in [0.29, 0.717) is 19.8 Å². The van der Waals surface area contributed by atoms with E-state index < -0.39 is 0 Å². The summed E-state index contributed by atoms with van der Waals surface area (Å²) in [4.78, 5) is 4.17. The zero-order chi connectivity index (χ0) is 8.81. The van der Waals surface area contributed by atoms with Gasteiger partial charge in [-0.3, -0.25) is 5.10 Å². The second kappa shape index (κ2) is 4.84. The smallest absolute Gasteiger partial charge is 0.150 e. The first kappa shape index (κ1) is 9.15. The Kier molecular flexibility index (Phi) is 3.69. The van der Waals surface area contributed by atoms with Gasteiger partial charge in [0.05, 0.1) is 6.61 Å². The van der Waals surface area contributed by atoms with Crippen molar-refractivity contribution < 1.29 is 4.74 Å². The number of nitrogens with two attached hydrogens (primary N) is 1. The molecule has 0 bridgehead atoms. The molecule has 1 aromatic rings. The van der Waals surface area contributed by atoms with Gasteiger partial charge in [-0.2, -0.15) is 5.10 Å². The Labute approximate surface area is 71.3 Å². The third-order valence-corrected chi connectivity index (χ3v) is 1.40. The van der Waals surface area contributed by atoms with E-state index in [-0.39, 0.29) is 0 Å². The molecule has 0 saturated heterocycles. The fourth-order valence-corrected chi connectivity index (χ4v) is 0.810. The molecule has 0 saturated carbocycles. The maximum Gasteiger partial charge on any atom is 0.150 e. The number of aryl methyl sites for hydroxylation is 1. The van der Waals surface area contributed by atoms with Crippen molar-refractivity contribution in [3.8, 4) is 0 Å². The third kappa shape index (κ3) is 2.60. The van der Waals surface area contributed by atoms with E-state index in [0.717, 1.165) is 18.1 Å². The SMILES string of the molecule is CCc1n[nH]c(COCCN)n1. The average Bonchev–Trinajstić information content (AvgIpc) is 2.53. The zero-order valence-electron chi connectivity index (χ0n) is 7.21. The molecule has 0 aliphatic heterocycles. The largest absolute Gasteiger partial charge is 0.372 e. The van der Waals surface area contributed by atoms with Crippen molar-refractivity contribution in [3.05, 3.63) is 11.6 Å². The Morgan fingerprint density at radius 2 is 2.42 bits per heavy atom. The molecule has 5 nitrogen and oxygen atoms in total. The predicted molar refractivity (Wildman–Crippen MR) is 44.5 cm³/mol. The molecule has 0 aliphatic carbocycles. The maximum atomic E-state index is 5.25. The Morgan fingerprint density at radius 3 is 3.00 bits per heavy atom. The first-order valence-corrected chi connectivity index (χ1v) is 4.04. The molecule has 0 unspecified atom stereocenters. The minimum Gasteiger partial charge on any atom is -0.372 e. The first-order chi connectivity index (χ1) is 5.86. The highest BCUT2D eigenvalue weighted by molar-refractivity contribution is 4.87. The fourth-order valence-electron chi connectivity index (χ4n) is 0.810. The van der Waals surface area contributed by atoms with Gasteiger partial charge in [0.1, 0.15) is 6.61 Å². The summed E-state index contributed by atoms with van der Waals surface area (Å²) < 4.78 is 5.17. The van der Waals surface area contributed by atoms with Crippen LogP contribution in [0.1, 0.15) is 18.6 Å². The molecule has 3 N–H and O–H groups in total. The van der Waals surface area contributed by atoms with Crippen molar-refractivity contribution in [2.75, 3.05) is 13.2 Å². The minimum absolute atomic E-state index is 0.462. The lowest BCUT2D eigenvalue weighted by Crippen LogP contribution is -2.08. The van der Waals surface area contributed by atoms with Crippen LogP contribution in [0.4, 0.5) is 0 Å². The lowest BCUT2D eigenvalue weighted by Gasteiger charge is -1.96. The van der Waals surface area contributed by atoms with E-state index in [9.17, 15) is 0 Å². The Morgan fingerprint density at radius 1 is 1.58 bits per heavy atom. The fraction of sp³-hybridized carbons (Fsp3) is 0.714. The standard InChI is InChI=1S/C7H14N4O/c1-2-6-9-7(11-10-6)5-12-4-3-8/h2-5,8H2,1H3,(H,9,10,11). The summed E-state index contributed by atoms with van der Waals surface area (Å²) in [6, 6.07) is 0. The van der Waals surface area contributed by atoms with Crippen LogP contribution in [-0.2, 0) is 17.8 Å². The molecular weight excluding hydrogens is 156 g/mol. The van der Waals surface area contributed by atoms with Crippen LogP contribution in [-0.4, -0.2) is 28.3 Å². The number of hydrogen-bond donors (Lipinski definition) is 2. The van der Waals surface area contributed by atoms with Crippen LogP contribution in [0.2, 0.25) is 0 Å². The molecule has 0 spiro atoms. The highest BCUT2D eigenvalue weighted by Crippen LogP contribution is 1.94. The molecule has 0 aliphatic rings. The van der Waals surface area contributed by atoms with Crippen molar-refractivity contribution in [2.45, 2.75) is 20.0 Å². The summed E-state index contributed by atoms with van der Waals surface area (Å²) in [6.45, 7) is 3.56. The monoisotopic (exact) mass is 170 g/mol. The van der Waals surface area contributed by atoms with Crippen molar-refractivity contribution in [2.24, 2.45) is 5.73 Å². The molecule has 5 heteroatoms. The Balaban J connectivity index is 2.31. The third-order valence-electron chi connectivity index (χ3n) is 1.40. The van der Waals surface area contributed by atoms with Crippen LogP contribution in [0.15, 0.2) is 0 Å². The van der Waals surface area contributed by atoms with Crippen LogP contribution >= 0.6 is 0 Å². The first-order valence-electron chi connectivity index (χ1n) is 4.04. The molecule has 0 atom stereocenters. The van der Waals surface area contributed by atoms with E-state index >= 15 is 0 Å². The lowest BCUT2D eigenvalue weighted by atomic mass is 10.5. The van der Waals surface area contributed by atoms with Crippen molar-refractivity contribution in [1.29, 1.82) is 0 Å². The zero-order valence-corrected chi connectivity index (χ0v) is 7.21. The van der Waals surface area contributed by atoms with Crippen molar-refractivity contribution in [1.82, 2.24) is 15.2 Å². The second-order valence-electron chi connectivity index (χ2n) is 2.39. The molecule has 1 aromatic heterocycles. The molecule has 0 aromatic carbocycles. The van der Waals surface area contributed by atoms with Crippen LogP contribution < -0.4 is 5.73 Å². The predicted octanol–water partition coefficient (Wildman–Crippen LogP) is -0.158. The molecule has 1 heterocycles. The van der Waals surface area contributed by atoms with Crippen LogP contribution in [0.3, 0.4) is 0 Å². The summed E-state index contributed by atoms with van der Waals surface area (Å²) in [7, 11) is 0. The Hall–Kier alpha value is -0.940. The Bertz CT molecular complexity index is 223. The van der Waals surface area contributed by atoms with Gasteiger partial charge in [-0.25, -0.2) is 4.98 Å². The minimum atomic E-state index is 0.462. The summed E-state index contributed by atoms with van der Waals surface area (Å²) in [5, 5.41) is 6.75. The number of aromatic nitrogens is 3. The van der Waals surface area contributed by atoms with Crippen molar-refractivity contribution in [3.63, 3.8) is 0 Å². The van der Waals surface area contributed by atoms with Crippen LogP contribution in [0, 0.1) is 0 Å². The van der Waals surface area contributed by atoms with Gasteiger partial charge in [-0.1, -0.05) is 6.92 Å². The van der Waals surface area contributed by atoms with Gasteiger partial charge in [0.2, 0.25) is 0 Å². The van der Waals surface area contributed by atoms with E-state index in [1.165, 1.54) is 0 Å². The number of nitrogens with one attached hydrogen (secondary N) is 1. The van der Waals surface area contributed by atoms with Crippen molar-refractivity contribution >= 4 is 0 Å². The van der Waals surface area contributed by atoms with Gasteiger partial charge >= 0.3 is 0 Å². The summed E-state index contributed by atoms with van der Waals surface area (Å²) in [5.74, 6) is 1.58. The van der Waals surface area contributed by atoms with Gasteiger partial charge in [0.15, 0.2) is 11.6 Å². The molecule has 1 rings (SSSR count). The highest BCUT2D eigenvalue weighted by atomic mass is 16.5. The topological polar surface area (TPSA) is 76.8 Å². The number of aromatic amines is 1. The van der Waals surface area contributed by atoms with Gasteiger partial charge in [0.25, 0.3) is 0 Å². The van der Waals surface area contributed by atoms with E-state index in [4.69, 9.17) is 10.5 Å². The molecule has 68 valence electrons. The summed E-state index contributed by atoms with van der Waals surface area (Å²) >= 11 is 0. The number of H-pyrrole nitrogens is 1. The van der Waals surface area contributed by atoms with Gasteiger partial charge in [0, 0.05) is 13.0 Å². The molecule has 0 amide bonds.